The fourth-order valence-corrected chi connectivity index (χ4v) is 1.23. The average Bonchev–Trinajstić information content (AvgIpc) is 2.49. The fraction of sp³-hybridized carbons (Fsp3) is 0.300. The van der Waals surface area contributed by atoms with Crippen LogP contribution in [0.25, 0.3) is 11.1 Å². The maximum absolute atomic E-state index is 5.75. The quantitative estimate of drug-likeness (QED) is 0.679. The molecule has 68 valence electrons. The molecule has 0 fully saturated rings. The normalized spacial score (nSPS) is 11.3. The second-order valence-corrected chi connectivity index (χ2v) is 3.40. The van der Waals surface area contributed by atoms with E-state index in [9.17, 15) is 0 Å². The van der Waals surface area contributed by atoms with E-state index < -0.39 is 0 Å². The second kappa shape index (κ2) is 2.76. The van der Waals surface area contributed by atoms with Gasteiger partial charge in [0.15, 0.2) is 11.5 Å². The van der Waals surface area contributed by atoms with Gasteiger partial charge in [-0.3, -0.25) is 0 Å². The Balaban J connectivity index is 2.68. The summed E-state index contributed by atoms with van der Waals surface area (Å²) < 4.78 is 5.52. The number of nitrogens with two attached hydrogens (primary N) is 1. The van der Waals surface area contributed by atoms with Crippen molar-refractivity contribution in [3.8, 4) is 0 Å². The summed E-state index contributed by atoms with van der Waals surface area (Å²) >= 11 is 0. The molecule has 0 radical (unpaired) electrons. The third kappa shape index (κ3) is 1.26. The molecule has 0 unspecified atom stereocenters. The molecule has 0 saturated carbocycles. The van der Waals surface area contributed by atoms with Gasteiger partial charge < -0.3 is 10.2 Å². The maximum Gasteiger partial charge on any atom is 0.198 e. The number of rotatable bonds is 1. The number of anilines is 1. The zero-order valence-corrected chi connectivity index (χ0v) is 7.74. The summed E-state index contributed by atoms with van der Waals surface area (Å²) in [7, 11) is 0. The SMILES string of the molecule is CC(C)c1nc2c(N)cccc2o1. The van der Waals surface area contributed by atoms with Crippen molar-refractivity contribution >= 4 is 16.8 Å². The van der Waals surface area contributed by atoms with Crippen LogP contribution in [0.3, 0.4) is 0 Å². The Labute approximate surface area is 76.6 Å². The molecule has 13 heavy (non-hydrogen) atoms. The number of oxazole rings is 1. The molecule has 2 rings (SSSR count). The number of nitrogens with zero attached hydrogens (tertiary/aromatic N) is 1. The summed E-state index contributed by atoms with van der Waals surface area (Å²) in [5, 5.41) is 0. The van der Waals surface area contributed by atoms with Crippen LogP contribution in [0.15, 0.2) is 22.6 Å². The van der Waals surface area contributed by atoms with Crippen LogP contribution < -0.4 is 5.73 Å². The van der Waals surface area contributed by atoms with Crippen LogP contribution in [-0.2, 0) is 0 Å². The Morgan fingerprint density at radius 2 is 2.15 bits per heavy atom. The first-order valence-electron chi connectivity index (χ1n) is 4.33. The molecule has 3 nitrogen and oxygen atoms in total. The van der Waals surface area contributed by atoms with E-state index in [2.05, 4.69) is 4.98 Å². The van der Waals surface area contributed by atoms with Crippen LogP contribution in [0, 0.1) is 0 Å². The van der Waals surface area contributed by atoms with E-state index >= 15 is 0 Å². The molecule has 0 bridgehead atoms. The molecule has 2 N–H and O–H groups in total. The van der Waals surface area contributed by atoms with Gasteiger partial charge in [-0.1, -0.05) is 19.9 Å². The average molecular weight is 176 g/mol. The summed E-state index contributed by atoms with van der Waals surface area (Å²) in [5.74, 6) is 1.04. The lowest BCUT2D eigenvalue weighted by atomic mass is 10.2. The van der Waals surface area contributed by atoms with Gasteiger partial charge in [0.05, 0.1) is 5.69 Å². The molecule has 0 atom stereocenters. The first kappa shape index (κ1) is 8.10. The van der Waals surface area contributed by atoms with Crippen LogP contribution in [-0.4, -0.2) is 4.98 Å². The lowest BCUT2D eigenvalue weighted by Gasteiger charge is -1.93. The Hall–Kier alpha value is -1.51. The van der Waals surface area contributed by atoms with Crippen molar-refractivity contribution in [1.29, 1.82) is 0 Å². The van der Waals surface area contributed by atoms with Crippen molar-refractivity contribution in [2.75, 3.05) is 5.73 Å². The van der Waals surface area contributed by atoms with E-state index in [1.165, 1.54) is 0 Å². The van der Waals surface area contributed by atoms with Gasteiger partial charge in [0, 0.05) is 5.92 Å². The number of benzene rings is 1. The first-order chi connectivity index (χ1) is 6.18. The van der Waals surface area contributed by atoms with Crippen LogP contribution >= 0.6 is 0 Å². The molecule has 0 aliphatic heterocycles. The number of hydrogen-bond acceptors (Lipinski definition) is 3. The number of aromatic nitrogens is 1. The fourth-order valence-electron chi connectivity index (χ4n) is 1.23. The summed E-state index contributed by atoms with van der Waals surface area (Å²) in [6.07, 6.45) is 0. The standard InChI is InChI=1S/C10H12N2O/c1-6(2)10-12-9-7(11)4-3-5-8(9)13-10/h3-6H,11H2,1-2H3. The first-order valence-corrected chi connectivity index (χ1v) is 4.33. The highest BCUT2D eigenvalue weighted by molar-refractivity contribution is 5.85. The van der Waals surface area contributed by atoms with E-state index in [4.69, 9.17) is 10.2 Å². The monoisotopic (exact) mass is 176 g/mol. The molecule has 1 heterocycles. The zero-order valence-electron chi connectivity index (χ0n) is 7.74. The number of nitrogen functional groups attached to an aromatic ring is 1. The summed E-state index contributed by atoms with van der Waals surface area (Å²) in [6, 6.07) is 5.58. The number of para-hydroxylation sites is 1. The summed E-state index contributed by atoms with van der Waals surface area (Å²) in [5.41, 5.74) is 7.96. The van der Waals surface area contributed by atoms with Gasteiger partial charge in [0.2, 0.25) is 0 Å². The molecule has 1 aromatic heterocycles. The Kier molecular flexibility index (Phi) is 1.72. The van der Waals surface area contributed by atoms with Gasteiger partial charge in [-0.15, -0.1) is 0 Å². The second-order valence-electron chi connectivity index (χ2n) is 3.40. The highest BCUT2D eigenvalue weighted by Gasteiger charge is 2.10. The van der Waals surface area contributed by atoms with E-state index in [1.54, 1.807) is 0 Å². The molecular weight excluding hydrogens is 164 g/mol. The summed E-state index contributed by atoms with van der Waals surface area (Å²) in [4.78, 5) is 4.32. The molecule has 2 aromatic rings. The van der Waals surface area contributed by atoms with Crippen molar-refractivity contribution in [2.45, 2.75) is 19.8 Å². The molecule has 3 heteroatoms. The van der Waals surface area contributed by atoms with Crippen molar-refractivity contribution < 1.29 is 4.42 Å². The van der Waals surface area contributed by atoms with Crippen LogP contribution in [0.1, 0.15) is 25.7 Å². The molecule has 0 amide bonds. The third-order valence-electron chi connectivity index (χ3n) is 1.96. The lowest BCUT2D eigenvalue weighted by molar-refractivity contribution is 0.501. The van der Waals surface area contributed by atoms with Crippen molar-refractivity contribution in [2.24, 2.45) is 0 Å². The molecule has 1 aromatic carbocycles. The topological polar surface area (TPSA) is 52.0 Å². The minimum atomic E-state index is 0.298. The van der Waals surface area contributed by atoms with Crippen molar-refractivity contribution in [1.82, 2.24) is 4.98 Å². The highest BCUT2D eigenvalue weighted by Crippen LogP contribution is 2.24. The smallest absolute Gasteiger partial charge is 0.198 e. The third-order valence-corrected chi connectivity index (χ3v) is 1.96. The molecule has 0 aliphatic rings. The van der Waals surface area contributed by atoms with Gasteiger partial charge in [0.1, 0.15) is 5.52 Å². The Morgan fingerprint density at radius 3 is 2.77 bits per heavy atom. The Bertz CT molecular complexity index is 431. The predicted octanol–water partition coefficient (Wildman–Crippen LogP) is 2.53. The van der Waals surface area contributed by atoms with Crippen LogP contribution in [0.2, 0.25) is 0 Å². The zero-order chi connectivity index (χ0) is 9.42. The van der Waals surface area contributed by atoms with Gasteiger partial charge >= 0.3 is 0 Å². The summed E-state index contributed by atoms with van der Waals surface area (Å²) in [6.45, 7) is 4.09. The van der Waals surface area contributed by atoms with Gasteiger partial charge in [-0.05, 0) is 12.1 Å². The number of hydrogen-bond donors (Lipinski definition) is 1. The van der Waals surface area contributed by atoms with E-state index in [0.717, 1.165) is 17.0 Å². The van der Waals surface area contributed by atoms with E-state index in [1.807, 2.05) is 32.0 Å². The predicted molar refractivity (Wildman–Crippen MR) is 52.5 cm³/mol. The number of fused-ring (bicyclic) bond motifs is 1. The van der Waals surface area contributed by atoms with Gasteiger partial charge in [-0.25, -0.2) is 4.98 Å². The molecule has 0 aliphatic carbocycles. The molecule has 0 spiro atoms. The largest absolute Gasteiger partial charge is 0.440 e. The molecule has 0 saturated heterocycles. The van der Waals surface area contributed by atoms with Crippen LogP contribution in [0.4, 0.5) is 5.69 Å². The van der Waals surface area contributed by atoms with Crippen molar-refractivity contribution in [3.63, 3.8) is 0 Å². The minimum Gasteiger partial charge on any atom is -0.440 e. The van der Waals surface area contributed by atoms with Gasteiger partial charge in [-0.2, -0.15) is 0 Å². The highest BCUT2D eigenvalue weighted by atomic mass is 16.3. The minimum absolute atomic E-state index is 0.298. The van der Waals surface area contributed by atoms with Crippen molar-refractivity contribution in [3.05, 3.63) is 24.1 Å². The maximum atomic E-state index is 5.75. The van der Waals surface area contributed by atoms with Gasteiger partial charge in [0.25, 0.3) is 0 Å². The van der Waals surface area contributed by atoms with E-state index in [-0.39, 0.29) is 0 Å². The van der Waals surface area contributed by atoms with Crippen LogP contribution in [0.5, 0.6) is 0 Å². The molecular formula is C10H12N2O. The Morgan fingerprint density at radius 1 is 1.38 bits per heavy atom. The van der Waals surface area contributed by atoms with E-state index in [0.29, 0.717) is 11.6 Å². The lowest BCUT2D eigenvalue weighted by Crippen LogP contribution is -1.87.